The van der Waals surface area contributed by atoms with Crippen LogP contribution < -0.4 is 9.47 Å². The number of hydrogen-bond acceptors (Lipinski definition) is 6. The average Bonchev–Trinajstić information content (AvgIpc) is 2.80. The number of hydrogen-bond donors (Lipinski definition) is 1. The molecule has 0 unspecified atom stereocenters. The molecule has 1 aliphatic rings. The van der Waals surface area contributed by atoms with Gasteiger partial charge >= 0.3 is 0 Å². The Labute approximate surface area is 188 Å². The molecule has 0 spiro atoms. The standard InChI is InChI=1S/C24H31N3O5/c1-15-12-27(16(2)14-28)24(30)21-10-19(18-7-6-8-20(9-18)31-5)11-25-23(21)32-22(15)13-26(4)17(3)29/h6-11,15-16,22,28H,12-14H2,1-5H3/t15-,16+,22-/m1/s1. The van der Waals surface area contributed by atoms with Gasteiger partial charge in [0.1, 0.15) is 17.4 Å². The number of pyridine rings is 1. The Bertz CT molecular complexity index is 980. The lowest BCUT2D eigenvalue weighted by Gasteiger charge is -2.37. The zero-order chi connectivity index (χ0) is 23.4. The van der Waals surface area contributed by atoms with E-state index in [0.717, 1.165) is 11.1 Å². The van der Waals surface area contributed by atoms with Crippen LogP contribution in [0.25, 0.3) is 11.1 Å². The summed E-state index contributed by atoms with van der Waals surface area (Å²) in [4.78, 5) is 33.0. The van der Waals surface area contributed by atoms with E-state index in [1.165, 1.54) is 6.92 Å². The van der Waals surface area contributed by atoms with Crippen molar-refractivity contribution in [2.24, 2.45) is 5.92 Å². The Morgan fingerprint density at radius 1 is 1.38 bits per heavy atom. The number of aliphatic hydroxyl groups is 1. The van der Waals surface area contributed by atoms with Crippen LogP contribution in [0.2, 0.25) is 0 Å². The van der Waals surface area contributed by atoms with Crippen molar-refractivity contribution in [1.29, 1.82) is 0 Å². The van der Waals surface area contributed by atoms with Gasteiger partial charge in [-0.3, -0.25) is 9.59 Å². The summed E-state index contributed by atoms with van der Waals surface area (Å²) in [6, 6.07) is 8.90. The Morgan fingerprint density at radius 2 is 2.12 bits per heavy atom. The Morgan fingerprint density at radius 3 is 2.78 bits per heavy atom. The Hall–Kier alpha value is -3.13. The van der Waals surface area contributed by atoms with Gasteiger partial charge in [0.15, 0.2) is 0 Å². The fraction of sp³-hybridized carbons (Fsp3) is 0.458. The highest BCUT2D eigenvalue weighted by Gasteiger charge is 2.34. The third kappa shape index (κ3) is 5.02. The van der Waals surface area contributed by atoms with Crippen molar-refractivity contribution in [3.8, 4) is 22.8 Å². The van der Waals surface area contributed by atoms with E-state index in [-0.39, 0.29) is 42.4 Å². The number of ether oxygens (including phenoxy) is 2. The predicted octanol–water partition coefficient (Wildman–Crippen LogP) is 2.46. The van der Waals surface area contributed by atoms with Crippen LogP contribution in [0.15, 0.2) is 36.5 Å². The number of aromatic nitrogens is 1. The minimum atomic E-state index is -0.373. The SMILES string of the molecule is COc1cccc(-c2cnc3c(c2)C(=O)N([C@@H](C)CO)C[C@@H](C)[C@@H](CN(C)C(C)=O)O3)c1. The van der Waals surface area contributed by atoms with E-state index in [1.807, 2.05) is 38.1 Å². The number of carbonyl (C=O) groups excluding carboxylic acids is 2. The van der Waals surface area contributed by atoms with Crippen LogP contribution in [0.3, 0.4) is 0 Å². The first kappa shape index (κ1) is 23.5. The van der Waals surface area contributed by atoms with Gasteiger partial charge in [0.2, 0.25) is 11.8 Å². The summed E-state index contributed by atoms with van der Waals surface area (Å²) < 4.78 is 11.5. The first-order valence-electron chi connectivity index (χ1n) is 10.7. The summed E-state index contributed by atoms with van der Waals surface area (Å²) in [6.07, 6.45) is 1.30. The van der Waals surface area contributed by atoms with Crippen molar-refractivity contribution in [2.45, 2.75) is 32.9 Å². The van der Waals surface area contributed by atoms with Crippen molar-refractivity contribution in [3.05, 3.63) is 42.1 Å². The van der Waals surface area contributed by atoms with Gasteiger partial charge in [-0.1, -0.05) is 19.1 Å². The monoisotopic (exact) mass is 441 g/mol. The molecule has 0 aliphatic carbocycles. The van der Waals surface area contributed by atoms with Gasteiger partial charge in [0.25, 0.3) is 5.91 Å². The molecule has 1 aliphatic heterocycles. The van der Waals surface area contributed by atoms with Crippen LogP contribution in [-0.2, 0) is 4.79 Å². The first-order valence-corrected chi connectivity index (χ1v) is 10.7. The highest BCUT2D eigenvalue weighted by Crippen LogP contribution is 2.31. The highest BCUT2D eigenvalue weighted by atomic mass is 16.5. The van der Waals surface area contributed by atoms with Crippen molar-refractivity contribution < 1.29 is 24.2 Å². The Balaban J connectivity index is 2.06. The minimum Gasteiger partial charge on any atom is -0.497 e. The van der Waals surface area contributed by atoms with Crippen LogP contribution in [0.1, 0.15) is 31.1 Å². The quantitative estimate of drug-likeness (QED) is 0.740. The lowest BCUT2D eigenvalue weighted by atomic mass is 9.99. The molecule has 1 N–H and O–H groups in total. The van der Waals surface area contributed by atoms with Gasteiger partial charge in [-0.05, 0) is 30.7 Å². The van der Waals surface area contributed by atoms with Crippen LogP contribution >= 0.6 is 0 Å². The number of nitrogens with zero attached hydrogens (tertiary/aromatic N) is 3. The number of carbonyl (C=O) groups is 2. The Kier molecular flexibility index (Phi) is 7.35. The molecule has 8 nitrogen and oxygen atoms in total. The third-order valence-electron chi connectivity index (χ3n) is 5.92. The lowest BCUT2D eigenvalue weighted by molar-refractivity contribution is -0.129. The molecule has 0 bridgehead atoms. The fourth-order valence-corrected chi connectivity index (χ4v) is 3.68. The maximum atomic E-state index is 13.5. The third-order valence-corrected chi connectivity index (χ3v) is 5.92. The molecule has 0 saturated heterocycles. The number of amides is 2. The van der Waals surface area contributed by atoms with Gasteiger partial charge in [0.05, 0.1) is 26.3 Å². The average molecular weight is 442 g/mol. The zero-order valence-corrected chi connectivity index (χ0v) is 19.2. The van der Waals surface area contributed by atoms with Crippen LogP contribution in [0.5, 0.6) is 11.6 Å². The molecule has 8 heteroatoms. The summed E-state index contributed by atoms with van der Waals surface area (Å²) in [5, 5.41) is 9.77. The second-order valence-corrected chi connectivity index (χ2v) is 8.33. The van der Waals surface area contributed by atoms with Gasteiger partial charge in [-0.2, -0.15) is 0 Å². The number of benzene rings is 1. The number of fused-ring (bicyclic) bond motifs is 1. The molecular formula is C24H31N3O5. The van der Waals surface area contributed by atoms with Gasteiger partial charge in [-0.25, -0.2) is 4.98 Å². The number of likely N-dealkylation sites (N-methyl/N-ethyl adjacent to an activating group) is 1. The largest absolute Gasteiger partial charge is 0.497 e. The van der Waals surface area contributed by atoms with Crippen molar-refractivity contribution in [1.82, 2.24) is 14.8 Å². The molecule has 0 saturated carbocycles. The van der Waals surface area contributed by atoms with Crippen LogP contribution in [0, 0.1) is 5.92 Å². The minimum absolute atomic E-state index is 0.0685. The van der Waals surface area contributed by atoms with Gasteiger partial charge in [0, 0.05) is 38.2 Å². The fourth-order valence-electron chi connectivity index (χ4n) is 3.68. The summed E-state index contributed by atoms with van der Waals surface area (Å²) in [7, 11) is 3.32. The van der Waals surface area contributed by atoms with Crippen molar-refractivity contribution >= 4 is 11.8 Å². The van der Waals surface area contributed by atoms with E-state index in [4.69, 9.17) is 9.47 Å². The smallest absolute Gasteiger partial charge is 0.259 e. The molecule has 3 atom stereocenters. The predicted molar refractivity (Wildman–Crippen MR) is 121 cm³/mol. The molecule has 1 aromatic heterocycles. The van der Waals surface area contributed by atoms with Crippen LogP contribution in [-0.4, -0.2) is 77.7 Å². The normalized spacial score (nSPS) is 19.3. The zero-order valence-electron chi connectivity index (χ0n) is 19.2. The van der Waals surface area contributed by atoms with E-state index in [0.29, 0.717) is 24.4 Å². The summed E-state index contributed by atoms with van der Waals surface area (Å²) >= 11 is 0. The van der Waals surface area contributed by atoms with Crippen molar-refractivity contribution in [2.75, 3.05) is 33.9 Å². The lowest BCUT2D eigenvalue weighted by Crippen LogP contribution is -2.50. The molecule has 2 amide bonds. The molecule has 32 heavy (non-hydrogen) atoms. The first-order chi connectivity index (χ1) is 15.2. The molecule has 0 fully saturated rings. The summed E-state index contributed by atoms with van der Waals surface area (Å²) in [5.74, 6) is 0.534. The molecule has 1 aromatic carbocycles. The van der Waals surface area contributed by atoms with Crippen molar-refractivity contribution in [3.63, 3.8) is 0 Å². The van der Waals surface area contributed by atoms with Gasteiger partial charge in [-0.15, -0.1) is 0 Å². The number of rotatable bonds is 6. The molecule has 172 valence electrons. The van der Waals surface area contributed by atoms with E-state index < -0.39 is 0 Å². The molecule has 2 aromatic rings. The second kappa shape index (κ2) is 9.99. The number of methoxy groups -OCH3 is 1. The maximum absolute atomic E-state index is 13.5. The highest BCUT2D eigenvalue weighted by molar-refractivity contribution is 5.98. The second-order valence-electron chi connectivity index (χ2n) is 8.33. The summed E-state index contributed by atoms with van der Waals surface area (Å²) in [6.45, 7) is 5.88. The number of aliphatic hydroxyl groups excluding tert-OH is 1. The summed E-state index contributed by atoms with van der Waals surface area (Å²) in [5.41, 5.74) is 1.94. The van der Waals surface area contributed by atoms with Crippen LogP contribution in [0.4, 0.5) is 0 Å². The topological polar surface area (TPSA) is 92.2 Å². The van der Waals surface area contributed by atoms with E-state index in [9.17, 15) is 14.7 Å². The molecular weight excluding hydrogens is 410 g/mol. The molecule has 2 heterocycles. The van der Waals surface area contributed by atoms with E-state index in [2.05, 4.69) is 4.98 Å². The molecule has 0 radical (unpaired) electrons. The van der Waals surface area contributed by atoms with E-state index in [1.54, 1.807) is 36.2 Å². The van der Waals surface area contributed by atoms with Gasteiger partial charge < -0.3 is 24.4 Å². The maximum Gasteiger partial charge on any atom is 0.259 e. The van der Waals surface area contributed by atoms with E-state index >= 15 is 0 Å². The molecule has 3 rings (SSSR count).